The molecule has 2 rings (SSSR count). The highest BCUT2D eigenvalue weighted by Gasteiger charge is 2.11. The largest absolute Gasteiger partial charge is 0.464 e. The van der Waals surface area contributed by atoms with Gasteiger partial charge in [-0.25, -0.2) is 24.3 Å². The van der Waals surface area contributed by atoms with Crippen LogP contribution < -0.4 is 5.73 Å². The first-order valence-electron chi connectivity index (χ1n) is 3.37. The van der Waals surface area contributed by atoms with Gasteiger partial charge in [0.1, 0.15) is 18.2 Å². The van der Waals surface area contributed by atoms with E-state index in [1.807, 2.05) is 0 Å². The molecule has 0 aliphatic heterocycles. The van der Waals surface area contributed by atoms with Crippen LogP contribution in [0.2, 0.25) is 0 Å². The molecule has 0 amide bonds. The molecule has 66 valence electrons. The summed E-state index contributed by atoms with van der Waals surface area (Å²) in [6.45, 7) is 0. The second-order valence-corrected chi connectivity index (χ2v) is 2.33. The minimum Gasteiger partial charge on any atom is -0.464 e. The van der Waals surface area contributed by atoms with Gasteiger partial charge in [0.05, 0.1) is 0 Å². The van der Waals surface area contributed by atoms with E-state index in [1.165, 1.54) is 6.33 Å². The van der Waals surface area contributed by atoms with E-state index in [-0.39, 0.29) is 17.0 Å². The number of aromatic nitrogens is 4. The lowest BCUT2D eigenvalue weighted by atomic mass is 10.5. The van der Waals surface area contributed by atoms with Crippen LogP contribution in [0.4, 0.5) is 10.6 Å². The standard InChI is InChI=1S/C6H5N5O2/c7-4-3-5(9-1-8-4)10-2-11(3)6(12)13/h1-2H,(H,12,13)(H2,7,8,9). The van der Waals surface area contributed by atoms with Gasteiger partial charge in [-0.15, -0.1) is 0 Å². The van der Waals surface area contributed by atoms with Crippen LogP contribution in [0, 0.1) is 0 Å². The van der Waals surface area contributed by atoms with Crippen molar-refractivity contribution in [1.29, 1.82) is 0 Å². The fourth-order valence-corrected chi connectivity index (χ4v) is 1.02. The van der Waals surface area contributed by atoms with E-state index in [4.69, 9.17) is 10.8 Å². The van der Waals surface area contributed by atoms with Gasteiger partial charge < -0.3 is 10.8 Å². The summed E-state index contributed by atoms with van der Waals surface area (Å²) in [7, 11) is 0. The fraction of sp³-hybridized carbons (Fsp3) is 0. The van der Waals surface area contributed by atoms with Crippen LogP contribution in [0.1, 0.15) is 0 Å². The van der Waals surface area contributed by atoms with E-state index < -0.39 is 6.09 Å². The van der Waals surface area contributed by atoms with E-state index in [9.17, 15) is 4.79 Å². The Kier molecular flexibility index (Phi) is 1.38. The highest BCUT2D eigenvalue weighted by Crippen LogP contribution is 2.14. The molecule has 0 aliphatic carbocycles. The predicted octanol–water partition coefficient (Wildman–Crippen LogP) is -0.0654. The van der Waals surface area contributed by atoms with Crippen LogP contribution in [0.5, 0.6) is 0 Å². The van der Waals surface area contributed by atoms with Gasteiger partial charge in [-0.2, -0.15) is 0 Å². The minimum atomic E-state index is -1.16. The quantitative estimate of drug-likeness (QED) is 0.586. The Balaban J connectivity index is 2.86. The zero-order chi connectivity index (χ0) is 9.42. The molecule has 7 nitrogen and oxygen atoms in total. The van der Waals surface area contributed by atoms with Crippen molar-refractivity contribution in [2.24, 2.45) is 0 Å². The maximum atomic E-state index is 10.6. The van der Waals surface area contributed by atoms with E-state index in [1.54, 1.807) is 0 Å². The maximum Gasteiger partial charge on any atom is 0.417 e. The summed E-state index contributed by atoms with van der Waals surface area (Å²) in [5.74, 6) is 0.102. The molecule has 0 aliphatic rings. The van der Waals surface area contributed by atoms with Gasteiger partial charge >= 0.3 is 6.09 Å². The Morgan fingerprint density at radius 2 is 2.23 bits per heavy atom. The number of nitrogens with two attached hydrogens (primary N) is 1. The number of nitrogens with zero attached hydrogens (tertiary/aromatic N) is 4. The molecule has 0 atom stereocenters. The van der Waals surface area contributed by atoms with Crippen LogP contribution in [-0.2, 0) is 0 Å². The number of rotatable bonds is 0. The summed E-state index contributed by atoms with van der Waals surface area (Å²) >= 11 is 0. The van der Waals surface area contributed by atoms with Gasteiger partial charge in [0, 0.05) is 0 Å². The molecule has 0 radical (unpaired) electrons. The molecule has 13 heavy (non-hydrogen) atoms. The van der Waals surface area contributed by atoms with Crippen molar-refractivity contribution in [2.45, 2.75) is 0 Å². The Bertz CT molecular complexity index is 477. The van der Waals surface area contributed by atoms with Crippen LogP contribution >= 0.6 is 0 Å². The minimum absolute atomic E-state index is 0.102. The molecule has 0 spiro atoms. The van der Waals surface area contributed by atoms with Crippen LogP contribution in [-0.4, -0.2) is 30.7 Å². The van der Waals surface area contributed by atoms with Crippen LogP contribution in [0.25, 0.3) is 11.2 Å². The maximum absolute atomic E-state index is 10.6. The fourth-order valence-electron chi connectivity index (χ4n) is 1.02. The smallest absolute Gasteiger partial charge is 0.417 e. The van der Waals surface area contributed by atoms with E-state index in [0.717, 1.165) is 10.9 Å². The SMILES string of the molecule is Nc1ncnc2ncn(C(=O)O)c12. The van der Waals surface area contributed by atoms with Gasteiger partial charge in [0.15, 0.2) is 11.5 Å². The molecular weight excluding hydrogens is 174 g/mol. The summed E-state index contributed by atoms with van der Waals surface area (Å²) in [5.41, 5.74) is 5.95. The first-order chi connectivity index (χ1) is 6.20. The Labute approximate surface area is 71.9 Å². The van der Waals surface area contributed by atoms with E-state index in [2.05, 4.69) is 15.0 Å². The average Bonchev–Trinajstić information content (AvgIpc) is 2.49. The third-order valence-corrected chi connectivity index (χ3v) is 1.57. The Morgan fingerprint density at radius 1 is 1.46 bits per heavy atom. The highest BCUT2D eigenvalue weighted by atomic mass is 16.4. The first kappa shape index (κ1) is 7.47. The number of hydrogen-bond donors (Lipinski definition) is 2. The summed E-state index contributed by atoms with van der Waals surface area (Å²) in [6.07, 6.45) is 1.21. The van der Waals surface area contributed by atoms with Crippen molar-refractivity contribution in [3.05, 3.63) is 12.7 Å². The lowest BCUT2D eigenvalue weighted by Gasteiger charge is -1.96. The zero-order valence-electron chi connectivity index (χ0n) is 6.38. The number of anilines is 1. The Morgan fingerprint density at radius 3 is 2.92 bits per heavy atom. The lowest BCUT2D eigenvalue weighted by molar-refractivity contribution is 0.197. The van der Waals surface area contributed by atoms with Crippen molar-refractivity contribution >= 4 is 23.1 Å². The molecule has 2 aromatic rings. The number of fused-ring (bicyclic) bond motifs is 1. The number of nitrogen functional groups attached to an aromatic ring is 1. The molecule has 0 unspecified atom stereocenters. The number of hydrogen-bond acceptors (Lipinski definition) is 5. The first-order valence-corrected chi connectivity index (χ1v) is 3.37. The molecule has 0 saturated heterocycles. The average molecular weight is 179 g/mol. The third kappa shape index (κ3) is 0.975. The number of carboxylic acid groups (broad SMARTS) is 1. The topological polar surface area (TPSA) is 107 Å². The predicted molar refractivity (Wildman–Crippen MR) is 43.2 cm³/mol. The van der Waals surface area contributed by atoms with Crippen molar-refractivity contribution in [2.75, 3.05) is 5.73 Å². The molecule has 0 saturated carbocycles. The second kappa shape index (κ2) is 2.41. The van der Waals surface area contributed by atoms with Crippen LogP contribution in [0.3, 0.4) is 0 Å². The van der Waals surface area contributed by atoms with Gasteiger partial charge in [0.25, 0.3) is 0 Å². The van der Waals surface area contributed by atoms with Crippen LogP contribution in [0.15, 0.2) is 12.7 Å². The highest BCUT2D eigenvalue weighted by molar-refractivity contribution is 5.89. The van der Waals surface area contributed by atoms with Crippen molar-refractivity contribution in [3.8, 4) is 0 Å². The van der Waals surface area contributed by atoms with E-state index >= 15 is 0 Å². The number of carbonyl (C=O) groups is 1. The molecule has 7 heteroatoms. The molecule has 0 bridgehead atoms. The molecule has 0 aromatic carbocycles. The van der Waals surface area contributed by atoms with E-state index in [0.29, 0.717) is 0 Å². The third-order valence-electron chi connectivity index (χ3n) is 1.57. The molecule has 2 heterocycles. The van der Waals surface area contributed by atoms with Crippen molar-refractivity contribution in [1.82, 2.24) is 19.5 Å². The van der Waals surface area contributed by atoms with Gasteiger partial charge in [-0.3, -0.25) is 0 Å². The molecule has 3 N–H and O–H groups in total. The Hall–Kier alpha value is -2.18. The van der Waals surface area contributed by atoms with Gasteiger partial charge in [0.2, 0.25) is 0 Å². The molecular formula is C6H5N5O2. The molecule has 0 fully saturated rings. The van der Waals surface area contributed by atoms with Crippen molar-refractivity contribution in [3.63, 3.8) is 0 Å². The monoisotopic (exact) mass is 179 g/mol. The molecule has 2 aromatic heterocycles. The summed E-state index contributed by atoms with van der Waals surface area (Å²) in [4.78, 5) is 21.8. The lowest BCUT2D eigenvalue weighted by Crippen LogP contribution is -2.08. The normalized spacial score (nSPS) is 10.5. The van der Waals surface area contributed by atoms with Gasteiger partial charge in [-0.1, -0.05) is 0 Å². The number of imidazole rings is 1. The van der Waals surface area contributed by atoms with Gasteiger partial charge in [-0.05, 0) is 0 Å². The summed E-state index contributed by atoms with van der Waals surface area (Å²) in [5, 5.41) is 8.71. The summed E-state index contributed by atoms with van der Waals surface area (Å²) in [6, 6.07) is 0. The zero-order valence-corrected chi connectivity index (χ0v) is 6.38. The van der Waals surface area contributed by atoms with Crippen molar-refractivity contribution < 1.29 is 9.90 Å². The summed E-state index contributed by atoms with van der Waals surface area (Å²) < 4.78 is 0.880. The second-order valence-electron chi connectivity index (χ2n) is 2.33.